The van der Waals surface area contributed by atoms with Crippen molar-refractivity contribution in [2.24, 2.45) is 0 Å². The van der Waals surface area contributed by atoms with Gasteiger partial charge in [-0.05, 0) is 42.7 Å². The molecular formula is C21H24N4O3. The molecule has 146 valence electrons. The maximum Gasteiger partial charge on any atom is 0.220 e. The molecule has 0 unspecified atom stereocenters. The first kappa shape index (κ1) is 19.6. The average molecular weight is 380 g/mol. The number of carbonyl (C=O) groups is 1. The summed E-state index contributed by atoms with van der Waals surface area (Å²) in [6, 6.07) is 13.6. The Morgan fingerprint density at radius 2 is 2.11 bits per heavy atom. The zero-order chi connectivity index (χ0) is 19.8. The first-order valence-electron chi connectivity index (χ1n) is 9.21. The molecule has 2 aromatic heterocycles. The second-order valence-electron chi connectivity index (χ2n) is 6.61. The summed E-state index contributed by atoms with van der Waals surface area (Å²) in [6.45, 7) is 2.34. The van der Waals surface area contributed by atoms with E-state index in [1.807, 2.05) is 42.5 Å². The van der Waals surface area contributed by atoms with Crippen molar-refractivity contribution in [3.63, 3.8) is 0 Å². The van der Waals surface area contributed by atoms with Crippen LogP contribution < -0.4 is 10.1 Å². The molecule has 3 N–H and O–H groups in total. The molecule has 0 saturated heterocycles. The van der Waals surface area contributed by atoms with Crippen molar-refractivity contribution in [2.75, 3.05) is 6.54 Å². The van der Waals surface area contributed by atoms with Crippen LogP contribution in [0.25, 0.3) is 11.4 Å². The van der Waals surface area contributed by atoms with Crippen LogP contribution in [0.5, 0.6) is 5.75 Å². The standard InChI is InChI=1S/C21H24N4O3/c1-15(26)12-23-21(27)8-5-16-3-2-4-17(11-16)14-28-18-6-7-19(22-13-18)20-9-10-24-25-20/h2-4,6-7,9-11,13,15,26H,5,8,12,14H2,1H3,(H,23,27)(H,24,25)/t15-/m0/s1. The van der Waals surface area contributed by atoms with Gasteiger partial charge in [-0.2, -0.15) is 5.10 Å². The van der Waals surface area contributed by atoms with E-state index in [1.54, 1.807) is 19.3 Å². The molecule has 1 aromatic carbocycles. The van der Waals surface area contributed by atoms with Crippen molar-refractivity contribution in [3.05, 3.63) is 66.0 Å². The fourth-order valence-corrected chi connectivity index (χ4v) is 2.67. The van der Waals surface area contributed by atoms with E-state index in [4.69, 9.17) is 4.74 Å². The van der Waals surface area contributed by atoms with Crippen LogP contribution >= 0.6 is 0 Å². The lowest BCUT2D eigenvalue weighted by atomic mass is 10.1. The number of hydrogen-bond donors (Lipinski definition) is 3. The van der Waals surface area contributed by atoms with Gasteiger partial charge in [0, 0.05) is 19.2 Å². The van der Waals surface area contributed by atoms with Gasteiger partial charge >= 0.3 is 0 Å². The van der Waals surface area contributed by atoms with E-state index in [2.05, 4.69) is 20.5 Å². The summed E-state index contributed by atoms with van der Waals surface area (Å²) in [5.74, 6) is 0.622. The van der Waals surface area contributed by atoms with Gasteiger partial charge in [0.1, 0.15) is 12.4 Å². The summed E-state index contributed by atoms with van der Waals surface area (Å²) in [6.07, 6.45) is 3.86. The third-order valence-corrected chi connectivity index (χ3v) is 4.15. The first-order valence-corrected chi connectivity index (χ1v) is 9.21. The van der Waals surface area contributed by atoms with Crippen LogP contribution in [0.2, 0.25) is 0 Å². The minimum Gasteiger partial charge on any atom is -0.487 e. The van der Waals surface area contributed by atoms with Crippen LogP contribution in [-0.4, -0.2) is 38.8 Å². The van der Waals surface area contributed by atoms with Gasteiger partial charge in [0.2, 0.25) is 5.91 Å². The zero-order valence-corrected chi connectivity index (χ0v) is 15.8. The highest BCUT2D eigenvalue weighted by molar-refractivity contribution is 5.76. The first-order chi connectivity index (χ1) is 13.6. The molecule has 0 aliphatic heterocycles. The van der Waals surface area contributed by atoms with Crippen molar-refractivity contribution in [1.29, 1.82) is 0 Å². The van der Waals surface area contributed by atoms with Gasteiger partial charge in [-0.25, -0.2) is 0 Å². The molecule has 28 heavy (non-hydrogen) atoms. The number of aromatic amines is 1. The van der Waals surface area contributed by atoms with Crippen molar-refractivity contribution >= 4 is 5.91 Å². The summed E-state index contributed by atoms with van der Waals surface area (Å²) < 4.78 is 5.81. The van der Waals surface area contributed by atoms with Gasteiger partial charge < -0.3 is 15.2 Å². The number of aromatic nitrogens is 3. The van der Waals surface area contributed by atoms with E-state index < -0.39 is 6.10 Å². The monoisotopic (exact) mass is 380 g/mol. The number of carbonyl (C=O) groups excluding carboxylic acids is 1. The summed E-state index contributed by atoms with van der Waals surface area (Å²) in [7, 11) is 0. The number of aryl methyl sites for hydroxylation is 1. The third kappa shape index (κ3) is 5.92. The van der Waals surface area contributed by atoms with Gasteiger partial charge in [-0.15, -0.1) is 0 Å². The second kappa shape index (κ2) is 9.66. The molecule has 1 amide bonds. The molecule has 0 saturated carbocycles. The lowest BCUT2D eigenvalue weighted by molar-refractivity contribution is -0.121. The van der Waals surface area contributed by atoms with E-state index in [9.17, 15) is 9.90 Å². The van der Waals surface area contributed by atoms with Crippen LogP contribution in [0.15, 0.2) is 54.9 Å². The number of ether oxygens (including phenoxy) is 1. The molecule has 0 fully saturated rings. The highest BCUT2D eigenvalue weighted by Crippen LogP contribution is 2.18. The molecule has 1 atom stereocenters. The summed E-state index contributed by atoms with van der Waals surface area (Å²) >= 11 is 0. The number of rotatable bonds is 9. The molecule has 3 aromatic rings. The number of benzene rings is 1. The Bertz CT molecular complexity index is 877. The van der Waals surface area contributed by atoms with Gasteiger partial charge in [0.15, 0.2) is 0 Å². The van der Waals surface area contributed by atoms with E-state index >= 15 is 0 Å². The minimum absolute atomic E-state index is 0.0639. The molecule has 0 aliphatic rings. The van der Waals surface area contributed by atoms with Crippen LogP contribution in [0, 0.1) is 0 Å². The van der Waals surface area contributed by atoms with E-state index in [0.29, 0.717) is 25.2 Å². The normalized spacial score (nSPS) is 11.8. The molecule has 2 heterocycles. The molecule has 7 nitrogen and oxygen atoms in total. The van der Waals surface area contributed by atoms with Crippen LogP contribution in [0.4, 0.5) is 0 Å². The van der Waals surface area contributed by atoms with E-state index in [-0.39, 0.29) is 12.5 Å². The molecule has 0 aliphatic carbocycles. The topological polar surface area (TPSA) is 100 Å². The number of pyridine rings is 1. The molecule has 7 heteroatoms. The van der Waals surface area contributed by atoms with Gasteiger partial charge in [-0.3, -0.25) is 14.9 Å². The summed E-state index contributed by atoms with van der Waals surface area (Å²) in [5.41, 5.74) is 3.76. The van der Waals surface area contributed by atoms with Crippen LogP contribution in [-0.2, 0) is 17.8 Å². The quantitative estimate of drug-likeness (QED) is 0.530. The summed E-state index contributed by atoms with van der Waals surface area (Å²) in [5, 5.41) is 18.7. The Morgan fingerprint density at radius 1 is 1.25 bits per heavy atom. The number of aliphatic hydroxyl groups is 1. The van der Waals surface area contributed by atoms with Crippen LogP contribution in [0.3, 0.4) is 0 Å². The molecular weight excluding hydrogens is 356 g/mol. The lowest BCUT2D eigenvalue weighted by Crippen LogP contribution is -2.30. The molecule has 0 spiro atoms. The maximum absolute atomic E-state index is 11.8. The fourth-order valence-electron chi connectivity index (χ4n) is 2.67. The van der Waals surface area contributed by atoms with Crippen molar-refractivity contribution in [2.45, 2.75) is 32.5 Å². The Hall–Kier alpha value is -3.19. The average Bonchev–Trinajstić information content (AvgIpc) is 3.25. The largest absolute Gasteiger partial charge is 0.487 e. The van der Waals surface area contributed by atoms with E-state index in [1.165, 1.54) is 0 Å². The zero-order valence-electron chi connectivity index (χ0n) is 15.8. The Balaban J connectivity index is 1.50. The number of H-pyrrole nitrogens is 1. The molecule has 3 rings (SSSR count). The third-order valence-electron chi connectivity index (χ3n) is 4.15. The Kier molecular flexibility index (Phi) is 6.75. The molecule has 0 radical (unpaired) electrons. The lowest BCUT2D eigenvalue weighted by Gasteiger charge is -2.09. The van der Waals surface area contributed by atoms with E-state index in [0.717, 1.165) is 22.5 Å². The highest BCUT2D eigenvalue weighted by Gasteiger charge is 2.05. The maximum atomic E-state index is 11.8. The highest BCUT2D eigenvalue weighted by atomic mass is 16.5. The number of amides is 1. The number of hydrogen-bond acceptors (Lipinski definition) is 5. The minimum atomic E-state index is -0.535. The smallest absolute Gasteiger partial charge is 0.220 e. The predicted molar refractivity (Wildman–Crippen MR) is 106 cm³/mol. The number of aliphatic hydroxyl groups excluding tert-OH is 1. The summed E-state index contributed by atoms with van der Waals surface area (Å²) in [4.78, 5) is 16.1. The Labute approximate surface area is 163 Å². The van der Waals surface area contributed by atoms with Gasteiger partial charge in [-0.1, -0.05) is 24.3 Å². The second-order valence-corrected chi connectivity index (χ2v) is 6.61. The predicted octanol–water partition coefficient (Wildman–Crippen LogP) is 2.48. The van der Waals surface area contributed by atoms with Crippen LogP contribution in [0.1, 0.15) is 24.5 Å². The fraction of sp³-hybridized carbons (Fsp3) is 0.286. The number of nitrogens with one attached hydrogen (secondary N) is 2. The number of nitrogens with zero attached hydrogens (tertiary/aromatic N) is 2. The molecule has 0 bridgehead atoms. The SMILES string of the molecule is C[C@H](O)CNC(=O)CCc1cccc(COc2ccc(-c3ccn[nH]3)nc2)c1. The van der Waals surface area contributed by atoms with Crippen molar-refractivity contribution < 1.29 is 14.6 Å². The van der Waals surface area contributed by atoms with Gasteiger partial charge in [0.05, 0.1) is 23.7 Å². The Morgan fingerprint density at radius 3 is 2.82 bits per heavy atom. The van der Waals surface area contributed by atoms with Crippen molar-refractivity contribution in [3.8, 4) is 17.1 Å². The van der Waals surface area contributed by atoms with Gasteiger partial charge in [0.25, 0.3) is 0 Å². The van der Waals surface area contributed by atoms with Crippen molar-refractivity contribution in [1.82, 2.24) is 20.5 Å².